The number of hydrogen-bond donors (Lipinski definition) is 1. The van der Waals surface area contributed by atoms with Gasteiger partial charge in [-0.3, -0.25) is 14.5 Å². The minimum atomic E-state index is -0.752. The fourth-order valence-electron chi connectivity index (χ4n) is 4.77. The molecule has 39 heavy (non-hydrogen) atoms. The van der Waals surface area contributed by atoms with E-state index in [1.165, 1.54) is 0 Å². The van der Waals surface area contributed by atoms with Crippen LogP contribution in [0.1, 0.15) is 28.7 Å². The number of carbonyl (C=O) groups excluding carboxylic acids is 2. The fraction of sp³-hybridized carbons (Fsp3) is 0.300. The summed E-state index contributed by atoms with van der Waals surface area (Å²) in [6.45, 7) is 6.23. The van der Waals surface area contributed by atoms with Gasteiger partial charge in [0.1, 0.15) is 6.04 Å². The molecule has 2 amide bonds. The monoisotopic (exact) mass is 565 g/mol. The zero-order chi connectivity index (χ0) is 28.3. The highest BCUT2D eigenvalue weighted by Crippen LogP contribution is 2.32. The summed E-state index contributed by atoms with van der Waals surface area (Å²) < 4.78 is 10.8. The molecule has 1 aliphatic rings. The molecular formula is C30H32ClN3O4S. The number of halogens is 1. The summed E-state index contributed by atoms with van der Waals surface area (Å²) in [6.07, 6.45) is 0.526. The molecule has 0 saturated carbocycles. The molecule has 1 saturated heterocycles. The summed E-state index contributed by atoms with van der Waals surface area (Å²) in [5, 5.41) is 3.85. The van der Waals surface area contributed by atoms with Gasteiger partial charge in [-0.05, 0) is 86.4 Å². The summed E-state index contributed by atoms with van der Waals surface area (Å²) in [5.74, 6) is 0.747. The molecule has 7 nitrogen and oxygen atoms in total. The number of amides is 2. The van der Waals surface area contributed by atoms with Crippen LogP contribution in [0, 0.1) is 20.8 Å². The Morgan fingerprint density at radius 2 is 1.77 bits per heavy atom. The van der Waals surface area contributed by atoms with Crippen molar-refractivity contribution in [1.82, 2.24) is 4.90 Å². The lowest BCUT2D eigenvalue weighted by Crippen LogP contribution is -2.39. The molecule has 1 N–H and O–H groups in total. The van der Waals surface area contributed by atoms with Gasteiger partial charge < -0.3 is 19.7 Å². The maximum absolute atomic E-state index is 13.8. The van der Waals surface area contributed by atoms with Crippen molar-refractivity contribution in [2.24, 2.45) is 0 Å². The topological polar surface area (TPSA) is 71.1 Å². The van der Waals surface area contributed by atoms with Crippen molar-refractivity contribution in [1.29, 1.82) is 0 Å². The van der Waals surface area contributed by atoms with Gasteiger partial charge in [0, 0.05) is 17.3 Å². The van der Waals surface area contributed by atoms with Crippen LogP contribution >= 0.6 is 23.8 Å². The highest BCUT2D eigenvalue weighted by Gasteiger charge is 2.44. The predicted molar refractivity (Wildman–Crippen MR) is 159 cm³/mol. The van der Waals surface area contributed by atoms with E-state index in [0.717, 1.165) is 27.9 Å². The summed E-state index contributed by atoms with van der Waals surface area (Å²) >= 11 is 12.1. The number of benzene rings is 3. The van der Waals surface area contributed by atoms with Crippen LogP contribution in [0.4, 0.5) is 11.4 Å². The third kappa shape index (κ3) is 6.02. The second-order valence-corrected chi connectivity index (χ2v) is 10.3. The highest BCUT2D eigenvalue weighted by molar-refractivity contribution is 7.80. The van der Waals surface area contributed by atoms with Crippen molar-refractivity contribution in [3.8, 4) is 11.5 Å². The van der Waals surface area contributed by atoms with Crippen molar-refractivity contribution < 1.29 is 19.1 Å². The van der Waals surface area contributed by atoms with Crippen LogP contribution in [0.15, 0.2) is 54.6 Å². The van der Waals surface area contributed by atoms with E-state index >= 15 is 0 Å². The number of nitrogens with one attached hydrogen (secondary N) is 1. The number of hydrogen-bond acceptors (Lipinski definition) is 5. The van der Waals surface area contributed by atoms with Gasteiger partial charge in [0.25, 0.3) is 5.91 Å². The van der Waals surface area contributed by atoms with Crippen molar-refractivity contribution in [3.05, 3.63) is 81.9 Å². The normalized spacial score (nSPS) is 15.1. The molecule has 1 heterocycles. The first-order chi connectivity index (χ1) is 18.6. The second kappa shape index (κ2) is 12.1. The molecule has 1 aliphatic heterocycles. The first kappa shape index (κ1) is 28.4. The van der Waals surface area contributed by atoms with Crippen LogP contribution < -0.4 is 19.7 Å². The van der Waals surface area contributed by atoms with Crippen molar-refractivity contribution >= 4 is 52.1 Å². The number of methoxy groups -OCH3 is 2. The average Bonchev–Trinajstić information content (AvgIpc) is 3.13. The Kier molecular flexibility index (Phi) is 8.77. The van der Waals surface area contributed by atoms with Crippen LogP contribution in [-0.4, -0.2) is 48.6 Å². The molecule has 1 fully saturated rings. The average molecular weight is 566 g/mol. The number of rotatable bonds is 9. The zero-order valence-electron chi connectivity index (χ0n) is 22.7. The number of anilines is 2. The number of aryl methyl sites for hydroxylation is 2. The van der Waals surface area contributed by atoms with E-state index in [9.17, 15) is 9.59 Å². The molecule has 1 atom stereocenters. The summed E-state index contributed by atoms with van der Waals surface area (Å²) in [7, 11) is 3.18. The van der Waals surface area contributed by atoms with Gasteiger partial charge in [0.15, 0.2) is 16.6 Å². The van der Waals surface area contributed by atoms with E-state index in [2.05, 4.69) is 5.32 Å². The van der Waals surface area contributed by atoms with E-state index in [1.54, 1.807) is 37.3 Å². The molecule has 204 valence electrons. The van der Waals surface area contributed by atoms with Crippen LogP contribution in [0.2, 0.25) is 5.02 Å². The molecule has 3 aromatic rings. The van der Waals surface area contributed by atoms with E-state index in [0.29, 0.717) is 40.3 Å². The molecule has 0 aliphatic carbocycles. The highest BCUT2D eigenvalue weighted by atomic mass is 35.5. The van der Waals surface area contributed by atoms with Crippen LogP contribution in [0.3, 0.4) is 0 Å². The van der Waals surface area contributed by atoms with Gasteiger partial charge in [-0.1, -0.05) is 41.4 Å². The van der Waals surface area contributed by atoms with Gasteiger partial charge in [-0.15, -0.1) is 0 Å². The fourth-order valence-corrected chi connectivity index (χ4v) is 5.35. The number of carbonyl (C=O) groups is 2. The van der Waals surface area contributed by atoms with Gasteiger partial charge in [0.05, 0.1) is 26.3 Å². The maximum atomic E-state index is 13.8. The Labute approximate surface area is 239 Å². The zero-order valence-corrected chi connectivity index (χ0v) is 24.3. The largest absolute Gasteiger partial charge is 0.493 e. The molecule has 0 bridgehead atoms. The molecule has 0 aromatic heterocycles. The van der Waals surface area contributed by atoms with Gasteiger partial charge in [0.2, 0.25) is 5.91 Å². The van der Waals surface area contributed by atoms with Gasteiger partial charge >= 0.3 is 0 Å². The Bertz CT molecular complexity index is 1430. The molecule has 3 aromatic carbocycles. The van der Waals surface area contributed by atoms with Gasteiger partial charge in [-0.2, -0.15) is 0 Å². The van der Waals surface area contributed by atoms with Gasteiger partial charge in [-0.25, -0.2) is 0 Å². The minimum Gasteiger partial charge on any atom is -0.493 e. The first-order valence-electron chi connectivity index (χ1n) is 12.6. The SMILES string of the molecule is COc1ccc(CCN2C(=S)N(c3ccc(C)cc3C)C(=O)C2CC(=O)Nc2cccc(Cl)c2C)cc1OC. The third-order valence-corrected chi connectivity index (χ3v) is 7.75. The Morgan fingerprint density at radius 1 is 1.03 bits per heavy atom. The Hall–Kier alpha value is -3.62. The third-order valence-electron chi connectivity index (χ3n) is 6.92. The predicted octanol–water partition coefficient (Wildman–Crippen LogP) is 5.86. The summed E-state index contributed by atoms with van der Waals surface area (Å²) in [4.78, 5) is 30.4. The molecular weight excluding hydrogens is 534 g/mol. The summed E-state index contributed by atoms with van der Waals surface area (Å²) in [5.41, 5.74) is 5.12. The number of thiocarbonyl (C=S) groups is 1. The smallest absolute Gasteiger partial charge is 0.256 e. The maximum Gasteiger partial charge on any atom is 0.256 e. The lowest BCUT2D eigenvalue weighted by Gasteiger charge is -2.24. The number of nitrogens with zero attached hydrogens (tertiary/aromatic N) is 2. The van der Waals surface area contributed by atoms with Crippen molar-refractivity contribution in [3.63, 3.8) is 0 Å². The van der Waals surface area contributed by atoms with Crippen LogP contribution in [0.5, 0.6) is 11.5 Å². The van der Waals surface area contributed by atoms with E-state index in [4.69, 9.17) is 33.3 Å². The standard InChI is InChI=1S/C30H32ClN3O4S/c1-18-9-11-24(19(2)15-18)34-29(36)25(17-28(35)32-23-8-6-7-22(31)20(23)3)33(30(34)39)14-13-21-10-12-26(37-4)27(16-21)38-5/h6-12,15-16,25H,13-14,17H2,1-5H3,(H,32,35). The Morgan fingerprint density at radius 3 is 2.46 bits per heavy atom. The van der Waals surface area contributed by atoms with Crippen LogP contribution in [-0.2, 0) is 16.0 Å². The van der Waals surface area contributed by atoms with E-state index in [-0.39, 0.29) is 18.2 Å². The minimum absolute atomic E-state index is 0.0573. The molecule has 0 spiro atoms. The lowest BCUT2D eigenvalue weighted by atomic mass is 10.1. The molecule has 4 rings (SSSR count). The first-order valence-corrected chi connectivity index (χ1v) is 13.4. The summed E-state index contributed by atoms with van der Waals surface area (Å²) in [6, 6.07) is 16.2. The van der Waals surface area contributed by atoms with Crippen LogP contribution in [0.25, 0.3) is 0 Å². The second-order valence-electron chi connectivity index (χ2n) is 9.56. The van der Waals surface area contributed by atoms with Crippen molar-refractivity contribution in [2.45, 2.75) is 39.7 Å². The molecule has 1 unspecified atom stereocenters. The molecule has 9 heteroatoms. The Balaban J connectivity index is 1.61. The van der Waals surface area contributed by atoms with E-state index < -0.39 is 6.04 Å². The number of ether oxygens (including phenoxy) is 2. The van der Waals surface area contributed by atoms with E-state index in [1.807, 2.05) is 62.1 Å². The lowest BCUT2D eigenvalue weighted by molar-refractivity contribution is -0.124. The van der Waals surface area contributed by atoms with Crippen molar-refractivity contribution in [2.75, 3.05) is 31.0 Å². The quantitative estimate of drug-likeness (QED) is 0.328. The molecule has 0 radical (unpaired) electrons.